The van der Waals surface area contributed by atoms with E-state index >= 15 is 0 Å². The Morgan fingerprint density at radius 1 is 1.33 bits per heavy atom. The molecule has 0 aliphatic carbocycles. The predicted molar refractivity (Wildman–Crippen MR) is 70.3 cm³/mol. The van der Waals surface area contributed by atoms with Gasteiger partial charge in [0.25, 0.3) is 0 Å². The van der Waals surface area contributed by atoms with Gasteiger partial charge in [-0.05, 0) is 57.6 Å². The maximum Gasteiger partial charge on any atom is 0.165 e. The van der Waals surface area contributed by atoms with Crippen LogP contribution in [-0.2, 0) is 6.54 Å². The third kappa shape index (κ3) is 3.00. The molecule has 100 valence electrons. The highest BCUT2D eigenvalue weighted by Gasteiger charge is 2.21. The summed E-state index contributed by atoms with van der Waals surface area (Å²) in [6.07, 6.45) is 1.91. The lowest BCUT2D eigenvalue weighted by Gasteiger charge is -2.24. The summed E-state index contributed by atoms with van der Waals surface area (Å²) in [5, 5.41) is 13.2. The van der Waals surface area contributed by atoms with Crippen molar-refractivity contribution in [3.8, 4) is 5.75 Å². The summed E-state index contributed by atoms with van der Waals surface area (Å²) in [7, 11) is 3.91. The van der Waals surface area contributed by atoms with Gasteiger partial charge >= 0.3 is 0 Å². The SMILES string of the molecule is CN(C)Cc1cc(F)c(O)c(C2CCNCC2)c1. The first-order chi connectivity index (χ1) is 8.58. The van der Waals surface area contributed by atoms with Gasteiger partial charge in [-0.3, -0.25) is 0 Å². The number of hydrogen-bond acceptors (Lipinski definition) is 3. The molecule has 1 saturated heterocycles. The Kier molecular flexibility index (Phi) is 4.19. The molecule has 1 aromatic carbocycles. The van der Waals surface area contributed by atoms with Gasteiger partial charge in [-0.1, -0.05) is 6.07 Å². The van der Waals surface area contributed by atoms with E-state index < -0.39 is 5.82 Å². The van der Waals surface area contributed by atoms with E-state index in [9.17, 15) is 9.50 Å². The van der Waals surface area contributed by atoms with E-state index in [1.165, 1.54) is 6.07 Å². The normalized spacial score (nSPS) is 17.3. The minimum absolute atomic E-state index is 0.163. The van der Waals surface area contributed by atoms with Crippen molar-refractivity contribution in [1.82, 2.24) is 10.2 Å². The minimum Gasteiger partial charge on any atom is -0.505 e. The molecule has 4 heteroatoms. The molecule has 1 aromatic rings. The standard InChI is InChI=1S/C14H21FN2O/c1-17(2)9-10-7-12(14(18)13(15)8-10)11-3-5-16-6-4-11/h7-8,11,16,18H,3-6,9H2,1-2H3. The van der Waals surface area contributed by atoms with Crippen LogP contribution in [0.2, 0.25) is 0 Å². The number of halogens is 1. The van der Waals surface area contributed by atoms with Crippen LogP contribution in [0, 0.1) is 5.82 Å². The largest absolute Gasteiger partial charge is 0.505 e. The number of rotatable bonds is 3. The highest BCUT2D eigenvalue weighted by atomic mass is 19.1. The van der Waals surface area contributed by atoms with Crippen LogP contribution >= 0.6 is 0 Å². The predicted octanol–water partition coefficient (Wildman–Crippen LogP) is 2.06. The second kappa shape index (κ2) is 5.67. The van der Waals surface area contributed by atoms with E-state index in [1.54, 1.807) is 0 Å². The van der Waals surface area contributed by atoms with Crippen molar-refractivity contribution in [3.05, 3.63) is 29.1 Å². The molecule has 1 aliphatic heterocycles. The zero-order chi connectivity index (χ0) is 13.1. The molecule has 0 atom stereocenters. The van der Waals surface area contributed by atoms with Crippen LogP contribution in [-0.4, -0.2) is 37.2 Å². The van der Waals surface area contributed by atoms with Gasteiger partial charge in [-0.25, -0.2) is 4.39 Å². The molecule has 0 spiro atoms. The van der Waals surface area contributed by atoms with Gasteiger partial charge in [0.05, 0.1) is 0 Å². The van der Waals surface area contributed by atoms with Crippen molar-refractivity contribution in [1.29, 1.82) is 0 Å². The summed E-state index contributed by atoms with van der Waals surface area (Å²) in [6, 6.07) is 3.38. The van der Waals surface area contributed by atoms with Crippen molar-refractivity contribution in [3.63, 3.8) is 0 Å². The van der Waals surface area contributed by atoms with E-state index in [2.05, 4.69) is 5.32 Å². The van der Waals surface area contributed by atoms with E-state index in [0.717, 1.165) is 37.1 Å². The maximum absolute atomic E-state index is 13.8. The second-order valence-corrected chi connectivity index (χ2v) is 5.28. The third-order valence-corrected chi connectivity index (χ3v) is 3.43. The van der Waals surface area contributed by atoms with Crippen LogP contribution < -0.4 is 5.32 Å². The molecular formula is C14H21FN2O. The lowest BCUT2D eigenvalue weighted by Crippen LogP contribution is -2.26. The zero-order valence-corrected chi connectivity index (χ0v) is 11.0. The quantitative estimate of drug-likeness (QED) is 0.864. The number of piperidine rings is 1. The van der Waals surface area contributed by atoms with Gasteiger partial charge in [0, 0.05) is 12.1 Å². The smallest absolute Gasteiger partial charge is 0.165 e. The maximum atomic E-state index is 13.8. The number of nitrogens with zero attached hydrogens (tertiary/aromatic N) is 1. The van der Waals surface area contributed by atoms with Crippen molar-refractivity contribution in [2.75, 3.05) is 27.2 Å². The molecule has 1 aliphatic rings. The van der Waals surface area contributed by atoms with E-state index in [-0.39, 0.29) is 11.7 Å². The minimum atomic E-state index is -0.497. The van der Waals surface area contributed by atoms with Gasteiger partial charge in [0.1, 0.15) is 0 Å². The van der Waals surface area contributed by atoms with Gasteiger partial charge in [-0.2, -0.15) is 0 Å². The van der Waals surface area contributed by atoms with E-state index in [1.807, 2.05) is 25.1 Å². The lowest BCUT2D eigenvalue weighted by atomic mass is 9.88. The van der Waals surface area contributed by atoms with Crippen molar-refractivity contribution < 1.29 is 9.50 Å². The highest BCUT2D eigenvalue weighted by Crippen LogP contribution is 2.34. The molecule has 0 amide bonds. The Hall–Kier alpha value is -1.13. The van der Waals surface area contributed by atoms with Crippen LogP contribution in [0.1, 0.15) is 29.9 Å². The number of phenols is 1. The molecule has 1 fully saturated rings. The Morgan fingerprint density at radius 2 is 2.00 bits per heavy atom. The van der Waals surface area contributed by atoms with E-state index in [4.69, 9.17) is 0 Å². The highest BCUT2D eigenvalue weighted by molar-refractivity contribution is 5.40. The average molecular weight is 252 g/mol. The molecule has 3 nitrogen and oxygen atoms in total. The number of phenolic OH excluding ortho intramolecular Hbond substituents is 1. The fourth-order valence-electron chi connectivity index (χ4n) is 2.58. The number of aromatic hydroxyl groups is 1. The fourth-order valence-corrected chi connectivity index (χ4v) is 2.58. The molecule has 18 heavy (non-hydrogen) atoms. The van der Waals surface area contributed by atoms with Gasteiger partial charge in [-0.15, -0.1) is 0 Å². The van der Waals surface area contributed by atoms with E-state index in [0.29, 0.717) is 6.54 Å². The summed E-state index contributed by atoms with van der Waals surface area (Å²) in [6.45, 7) is 2.56. The first-order valence-corrected chi connectivity index (χ1v) is 6.44. The first-order valence-electron chi connectivity index (χ1n) is 6.44. The number of hydrogen-bond donors (Lipinski definition) is 2. The second-order valence-electron chi connectivity index (χ2n) is 5.28. The summed E-state index contributed by atoms with van der Waals surface area (Å²) < 4.78 is 13.8. The van der Waals surface area contributed by atoms with Crippen LogP contribution in [0.5, 0.6) is 5.75 Å². The summed E-state index contributed by atoms with van der Waals surface area (Å²) in [5.74, 6) is -0.393. The summed E-state index contributed by atoms with van der Waals surface area (Å²) in [5.41, 5.74) is 1.69. The topological polar surface area (TPSA) is 35.5 Å². The number of nitrogens with one attached hydrogen (secondary N) is 1. The molecule has 2 N–H and O–H groups in total. The van der Waals surface area contributed by atoms with Gasteiger partial charge < -0.3 is 15.3 Å². The van der Waals surface area contributed by atoms with Crippen LogP contribution in [0.4, 0.5) is 4.39 Å². The Labute approximate surface area is 108 Å². The molecular weight excluding hydrogens is 231 g/mol. The third-order valence-electron chi connectivity index (χ3n) is 3.43. The molecule has 1 heterocycles. The monoisotopic (exact) mass is 252 g/mol. The summed E-state index contributed by atoms with van der Waals surface area (Å²) in [4.78, 5) is 2.00. The molecule has 0 radical (unpaired) electrons. The Bertz CT molecular complexity index is 415. The first kappa shape index (κ1) is 13.3. The Morgan fingerprint density at radius 3 is 2.61 bits per heavy atom. The fraction of sp³-hybridized carbons (Fsp3) is 0.571. The molecule has 0 aromatic heterocycles. The van der Waals surface area contributed by atoms with Crippen LogP contribution in [0.15, 0.2) is 12.1 Å². The van der Waals surface area contributed by atoms with Crippen molar-refractivity contribution >= 4 is 0 Å². The van der Waals surface area contributed by atoms with Crippen LogP contribution in [0.25, 0.3) is 0 Å². The number of benzene rings is 1. The molecule has 2 rings (SSSR count). The van der Waals surface area contributed by atoms with Crippen molar-refractivity contribution in [2.24, 2.45) is 0 Å². The van der Waals surface area contributed by atoms with Gasteiger partial charge in [0.15, 0.2) is 11.6 Å². The summed E-state index contributed by atoms with van der Waals surface area (Å²) >= 11 is 0. The van der Waals surface area contributed by atoms with Crippen LogP contribution in [0.3, 0.4) is 0 Å². The molecule has 0 bridgehead atoms. The zero-order valence-electron chi connectivity index (χ0n) is 11.0. The van der Waals surface area contributed by atoms with Crippen molar-refractivity contribution in [2.45, 2.75) is 25.3 Å². The Balaban J connectivity index is 2.29. The molecule has 0 unspecified atom stereocenters. The van der Waals surface area contributed by atoms with Gasteiger partial charge in [0.2, 0.25) is 0 Å². The molecule has 0 saturated carbocycles. The lowest BCUT2D eigenvalue weighted by molar-refractivity contribution is 0.387. The average Bonchev–Trinajstić information content (AvgIpc) is 2.34.